The molecule has 144 valence electrons. The first-order valence-electron chi connectivity index (χ1n) is 9.58. The van der Waals surface area contributed by atoms with Crippen molar-refractivity contribution in [3.63, 3.8) is 0 Å². The fraction of sp³-hybridized carbons (Fsp3) is 0.944. The van der Waals surface area contributed by atoms with Gasteiger partial charge in [0.15, 0.2) is 5.25 Å². The third-order valence-corrected chi connectivity index (χ3v) is 5.61. The molecule has 0 aliphatic heterocycles. The second kappa shape index (κ2) is 14.7. The van der Waals surface area contributed by atoms with Gasteiger partial charge in [0.25, 0.3) is 10.1 Å². The molecule has 0 saturated carbocycles. The topological polar surface area (TPSA) is 91.7 Å². The van der Waals surface area contributed by atoms with Gasteiger partial charge in [-0.05, 0) is 6.42 Å². The van der Waals surface area contributed by atoms with Crippen LogP contribution in [-0.2, 0) is 14.9 Å². The minimum atomic E-state index is -4.48. The molecule has 0 fully saturated rings. The Bertz CT molecular complexity index is 406. The number of carboxylic acid groups (broad SMARTS) is 1. The van der Waals surface area contributed by atoms with E-state index in [1.807, 2.05) is 0 Å². The van der Waals surface area contributed by atoms with Crippen LogP contribution in [0, 0.1) is 0 Å². The fourth-order valence-electron chi connectivity index (χ4n) is 2.92. The van der Waals surface area contributed by atoms with Crippen molar-refractivity contribution in [2.24, 2.45) is 0 Å². The standard InChI is InChI=1S/C18H36O5S/c1-2-3-4-5-6-7-8-9-10-11-12-13-14-15-16-17(18(19)20)24(21,22)23/h17H,2-16H2,1H3,(H,19,20)(H,21,22,23)/t17-/m1/s1. The van der Waals surface area contributed by atoms with Crippen LogP contribution in [0.2, 0.25) is 0 Å². The number of hydrogen-bond acceptors (Lipinski definition) is 3. The summed E-state index contributed by atoms with van der Waals surface area (Å²) < 4.78 is 30.7. The van der Waals surface area contributed by atoms with Gasteiger partial charge in [0.2, 0.25) is 0 Å². The van der Waals surface area contributed by atoms with Crippen molar-refractivity contribution in [2.75, 3.05) is 0 Å². The van der Waals surface area contributed by atoms with Gasteiger partial charge in [0.1, 0.15) is 0 Å². The normalized spacial score (nSPS) is 13.1. The fourth-order valence-corrected chi connectivity index (χ4v) is 3.64. The van der Waals surface area contributed by atoms with Gasteiger partial charge in [-0.25, -0.2) is 0 Å². The molecular formula is C18H36O5S. The average molecular weight is 365 g/mol. The van der Waals surface area contributed by atoms with E-state index in [-0.39, 0.29) is 6.42 Å². The first-order chi connectivity index (χ1) is 11.4. The highest BCUT2D eigenvalue weighted by Gasteiger charge is 2.29. The van der Waals surface area contributed by atoms with Crippen molar-refractivity contribution in [3.8, 4) is 0 Å². The van der Waals surface area contributed by atoms with Crippen molar-refractivity contribution >= 4 is 16.1 Å². The second-order valence-electron chi connectivity index (χ2n) is 6.73. The number of carbonyl (C=O) groups is 1. The second-order valence-corrected chi connectivity index (χ2v) is 8.33. The molecule has 0 spiro atoms. The Balaban J connectivity index is 3.38. The van der Waals surface area contributed by atoms with Gasteiger partial charge in [-0.1, -0.05) is 96.8 Å². The molecule has 0 aromatic carbocycles. The van der Waals surface area contributed by atoms with Crippen LogP contribution in [0.25, 0.3) is 0 Å². The van der Waals surface area contributed by atoms with Crippen LogP contribution in [0.1, 0.15) is 103 Å². The zero-order valence-corrected chi connectivity index (χ0v) is 16.0. The molecular weight excluding hydrogens is 328 g/mol. The van der Waals surface area contributed by atoms with Gasteiger partial charge in [-0.15, -0.1) is 0 Å². The average Bonchev–Trinajstić information content (AvgIpc) is 2.49. The third-order valence-electron chi connectivity index (χ3n) is 4.45. The van der Waals surface area contributed by atoms with Crippen molar-refractivity contribution in [1.82, 2.24) is 0 Å². The van der Waals surface area contributed by atoms with Gasteiger partial charge in [-0.3, -0.25) is 9.35 Å². The van der Waals surface area contributed by atoms with Crippen molar-refractivity contribution in [2.45, 2.75) is 108 Å². The van der Waals surface area contributed by atoms with Gasteiger partial charge in [0, 0.05) is 0 Å². The number of carboxylic acids is 1. The van der Waals surface area contributed by atoms with E-state index < -0.39 is 21.3 Å². The van der Waals surface area contributed by atoms with Gasteiger partial charge in [0.05, 0.1) is 0 Å². The molecule has 24 heavy (non-hydrogen) atoms. The molecule has 0 amide bonds. The molecule has 0 aromatic heterocycles. The molecule has 0 unspecified atom stereocenters. The van der Waals surface area contributed by atoms with E-state index in [2.05, 4.69) is 6.92 Å². The Morgan fingerprint density at radius 3 is 1.38 bits per heavy atom. The van der Waals surface area contributed by atoms with Crippen LogP contribution in [0.4, 0.5) is 0 Å². The Morgan fingerprint density at radius 1 is 0.750 bits per heavy atom. The predicted octanol–water partition coefficient (Wildman–Crippen LogP) is 5.20. The number of rotatable bonds is 17. The zero-order valence-electron chi connectivity index (χ0n) is 15.2. The number of unbranched alkanes of at least 4 members (excludes halogenated alkanes) is 13. The molecule has 2 N–H and O–H groups in total. The summed E-state index contributed by atoms with van der Waals surface area (Å²) in [5.41, 5.74) is 0. The van der Waals surface area contributed by atoms with Gasteiger partial charge >= 0.3 is 5.97 Å². The molecule has 0 heterocycles. The Labute approximate surface area is 148 Å². The summed E-state index contributed by atoms with van der Waals surface area (Å²) >= 11 is 0. The van der Waals surface area contributed by atoms with Crippen LogP contribution < -0.4 is 0 Å². The SMILES string of the molecule is CCCCCCCCCCCCCCCC[C@H](C(=O)O)S(=O)(=O)O. The smallest absolute Gasteiger partial charge is 0.324 e. The quantitative estimate of drug-likeness (QED) is 0.273. The predicted molar refractivity (Wildman–Crippen MR) is 97.9 cm³/mol. The van der Waals surface area contributed by atoms with Crippen LogP contribution in [0.15, 0.2) is 0 Å². The summed E-state index contributed by atoms with van der Waals surface area (Å²) in [5, 5.41) is 7.10. The van der Waals surface area contributed by atoms with Crippen LogP contribution in [0.3, 0.4) is 0 Å². The first kappa shape index (κ1) is 23.4. The minimum absolute atomic E-state index is 0.00774. The van der Waals surface area contributed by atoms with E-state index in [0.717, 1.165) is 19.3 Å². The highest BCUT2D eigenvalue weighted by atomic mass is 32.2. The van der Waals surface area contributed by atoms with Crippen molar-refractivity contribution < 1.29 is 22.9 Å². The molecule has 1 atom stereocenters. The summed E-state index contributed by atoms with van der Waals surface area (Å²) in [6, 6.07) is 0. The van der Waals surface area contributed by atoms with E-state index in [1.165, 1.54) is 64.2 Å². The molecule has 0 rings (SSSR count). The van der Waals surface area contributed by atoms with Crippen LogP contribution in [0.5, 0.6) is 0 Å². The summed E-state index contributed by atoms with van der Waals surface area (Å²) in [6.07, 6.45) is 16.6. The third kappa shape index (κ3) is 13.8. The Kier molecular flexibility index (Phi) is 14.3. The highest BCUT2D eigenvalue weighted by Crippen LogP contribution is 2.15. The summed E-state index contributed by atoms with van der Waals surface area (Å²) in [6.45, 7) is 2.24. The van der Waals surface area contributed by atoms with Crippen LogP contribution >= 0.6 is 0 Å². The molecule has 0 aromatic rings. The van der Waals surface area contributed by atoms with Crippen molar-refractivity contribution in [1.29, 1.82) is 0 Å². The van der Waals surface area contributed by atoms with E-state index in [0.29, 0.717) is 6.42 Å². The molecule has 0 radical (unpaired) electrons. The largest absolute Gasteiger partial charge is 0.480 e. The van der Waals surface area contributed by atoms with E-state index in [4.69, 9.17) is 9.66 Å². The van der Waals surface area contributed by atoms with E-state index in [9.17, 15) is 13.2 Å². The van der Waals surface area contributed by atoms with Gasteiger partial charge < -0.3 is 5.11 Å². The Morgan fingerprint density at radius 2 is 1.08 bits per heavy atom. The minimum Gasteiger partial charge on any atom is -0.480 e. The van der Waals surface area contributed by atoms with E-state index >= 15 is 0 Å². The number of hydrogen-bond donors (Lipinski definition) is 2. The lowest BCUT2D eigenvalue weighted by Gasteiger charge is -2.08. The van der Waals surface area contributed by atoms with Crippen LogP contribution in [-0.4, -0.2) is 29.3 Å². The summed E-state index contributed by atoms with van der Waals surface area (Å²) in [4.78, 5) is 10.8. The van der Waals surface area contributed by atoms with Crippen molar-refractivity contribution in [3.05, 3.63) is 0 Å². The molecule has 5 nitrogen and oxygen atoms in total. The maximum absolute atomic E-state index is 10.9. The molecule has 0 bridgehead atoms. The molecule has 0 aliphatic rings. The lowest BCUT2D eigenvalue weighted by Crippen LogP contribution is -2.29. The maximum Gasteiger partial charge on any atom is 0.324 e. The lowest BCUT2D eigenvalue weighted by molar-refractivity contribution is -0.136. The molecule has 6 heteroatoms. The lowest BCUT2D eigenvalue weighted by atomic mass is 10.0. The molecule has 0 saturated heterocycles. The van der Waals surface area contributed by atoms with Gasteiger partial charge in [-0.2, -0.15) is 8.42 Å². The summed E-state index contributed by atoms with van der Waals surface area (Å²) in [5.74, 6) is -1.47. The maximum atomic E-state index is 10.9. The monoisotopic (exact) mass is 364 g/mol. The number of aliphatic carboxylic acids is 1. The summed E-state index contributed by atoms with van der Waals surface area (Å²) in [7, 11) is -4.48. The Hall–Kier alpha value is -0.620. The molecule has 0 aliphatic carbocycles. The van der Waals surface area contributed by atoms with E-state index in [1.54, 1.807) is 0 Å². The zero-order chi connectivity index (χ0) is 18.3. The first-order valence-corrected chi connectivity index (χ1v) is 11.1. The highest BCUT2D eigenvalue weighted by molar-refractivity contribution is 7.87.